The largest absolute Gasteiger partial charge is 0.396 e. The van der Waals surface area contributed by atoms with Crippen molar-refractivity contribution >= 4 is 0 Å². The minimum atomic E-state index is 0.409. The van der Waals surface area contributed by atoms with Crippen LogP contribution in [-0.2, 0) is 0 Å². The lowest BCUT2D eigenvalue weighted by Gasteiger charge is -2.13. The molecule has 0 aliphatic carbocycles. The van der Waals surface area contributed by atoms with Gasteiger partial charge >= 0.3 is 0 Å². The summed E-state index contributed by atoms with van der Waals surface area (Å²) in [6.07, 6.45) is 29.3. The van der Waals surface area contributed by atoms with Gasteiger partial charge in [-0.2, -0.15) is 0 Å². The summed E-state index contributed by atoms with van der Waals surface area (Å²) in [4.78, 5) is 0. The quantitative estimate of drug-likeness (QED) is 0.189. The van der Waals surface area contributed by atoms with Crippen molar-refractivity contribution in [3.8, 4) is 0 Å². The van der Waals surface area contributed by atoms with Crippen molar-refractivity contribution in [2.24, 2.45) is 5.92 Å². The average Bonchev–Trinajstić information content (AvgIpc) is 2.66. The fourth-order valence-corrected chi connectivity index (χ4v) is 3.99. The molecule has 1 N–H and O–H groups in total. The predicted octanol–water partition coefficient (Wildman–Crippen LogP) is 8.83. The van der Waals surface area contributed by atoms with Gasteiger partial charge in [-0.1, -0.05) is 136 Å². The second-order valence-electron chi connectivity index (χ2n) is 8.64. The van der Waals surface area contributed by atoms with Crippen LogP contribution < -0.4 is 0 Å². The van der Waals surface area contributed by atoms with Crippen LogP contribution in [0.25, 0.3) is 0 Å². The van der Waals surface area contributed by atoms with E-state index in [1.807, 2.05) is 0 Å². The topological polar surface area (TPSA) is 20.2 Å². The van der Waals surface area contributed by atoms with Gasteiger partial charge in [0.2, 0.25) is 0 Å². The monoisotopic (exact) mass is 368 g/mol. The van der Waals surface area contributed by atoms with Gasteiger partial charge in [-0.05, 0) is 18.8 Å². The van der Waals surface area contributed by atoms with E-state index in [1.54, 1.807) is 0 Å². The molecule has 0 fully saturated rings. The van der Waals surface area contributed by atoms with Crippen molar-refractivity contribution in [3.63, 3.8) is 0 Å². The van der Waals surface area contributed by atoms with Crippen molar-refractivity contribution in [3.05, 3.63) is 0 Å². The molecule has 1 nitrogen and oxygen atoms in total. The SMILES string of the molecule is CCCCCCCCCCCCCCCCC(CO)CCCCCCC. The number of unbranched alkanes of at least 4 members (excludes halogenated alkanes) is 17. The molecule has 158 valence electrons. The van der Waals surface area contributed by atoms with Crippen LogP contribution in [0.15, 0.2) is 0 Å². The molecule has 0 bridgehead atoms. The normalized spacial score (nSPS) is 12.6. The molecule has 0 amide bonds. The van der Waals surface area contributed by atoms with Crippen LogP contribution in [0.4, 0.5) is 0 Å². The molecule has 0 radical (unpaired) electrons. The predicted molar refractivity (Wildman–Crippen MR) is 119 cm³/mol. The molecule has 1 atom stereocenters. The molecule has 0 heterocycles. The maximum Gasteiger partial charge on any atom is 0.0459 e. The second kappa shape index (κ2) is 23.0. The van der Waals surface area contributed by atoms with Gasteiger partial charge in [-0.3, -0.25) is 0 Å². The van der Waals surface area contributed by atoms with Crippen molar-refractivity contribution in [1.29, 1.82) is 0 Å². The lowest BCUT2D eigenvalue weighted by Crippen LogP contribution is -2.06. The zero-order chi connectivity index (χ0) is 19.1. The minimum Gasteiger partial charge on any atom is -0.396 e. The zero-order valence-electron chi connectivity index (χ0n) is 18.6. The maximum atomic E-state index is 9.53. The molecule has 0 aliphatic rings. The van der Waals surface area contributed by atoms with E-state index in [-0.39, 0.29) is 0 Å². The van der Waals surface area contributed by atoms with E-state index in [4.69, 9.17) is 0 Å². The first-order valence-corrected chi connectivity index (χ1v) is 12.5. The Bertz CT molecular complexity index is 238. The Morgan fingerprint density at radius 1 is 0.423 bits per heavy atom. The van der Waals surface area contributed by atoms with Gasteiger partial charge in [-0.15, -0.1) is 0 Å². The highest BCUT2D eigenvalue weighted by Gasteiger charge is 2.06. The summed E-state index contributed by atoms with van der Waals surface area (Å²) in [7, 11) is 0. The molecule has 0 aromatic heterocycles. The van der Waals surface area contributed by atoms with Crippen molar-refractivity contribution in [1.82, 2.24) is 0 Å². The summed E-state index contributed by atoms with van der Waals surface area (Å²) in [6.45, 7) is 4.97. The van der Waals surface area contributed by atoms with Crippen molar-refractivity contribution in [2.75, 3.05) is 6.61 Å². The van der Waals surface area contributed by atoms with Crippen molar-refractivity contribution < 1.29 is 5.11 Å². The Kier molecular flexibility index (Phi) is 23.0. The zero-order valence-corrected chi connectivity index (χ0v) is 18.6. The van der Waals surface area contributed by atoms with Gasteiger partial charge in [0.25, 0.3) is 0 Å². The van der Waals surface area contributed by atoms with Gasteiger partial charge in [0.05, 0.1) is 0 Å². The van der Waals surface area contributed by atoms with Crippen LogP contribution >= 0.6 is 0 Å². The lowest BCUT2D eigenvalue weighted by atomic mass is 9.95. The first-order chi connectivity index (χ1) is 12.8. The highest BCUT2D eigenvalue weighted by atomic mass is 16.3. The third kappa shape index (κ3) is 20.3. The smallest absolute Gasteiger partial charge is 0.0459 e. The van der Waals surface area contributed by atoms with Gasteiger partial charge < -0.3 is 5.11 Å². The third-order valence-electron chi connectivity index (χ3n) is 5.94. The molecule has 0 aromatic carbocycles. The fourth-order valence-electron chi connectivity index (χ4n) is 3.99. The van der Waals surface area contributed by atoms with E-state index in [0.717, 1.165) is 0 Å². The molecule has 0 saturated heterocycles. The molecule has 0 spiro atoms. The Labute approximate surface area is 166 Å². The summed E-state index contributed by atoms with van der Waals surface area (Å²) in [5.74, 6) is 0.578. The number of hydrogen-bond donors (Lipinski definition) is 1. The second-order valence-corrected chi connectivity index (χ2v) is 8.64. The number of aliphatic hydroxyl groups excluding tert-OH is 1. The van der Waals surface area contributed by atoms with Crippen LogP contribution in [0.2, 0.25) is 0 Å². The van der Waals surface area contributed by atoms with E-state index in [1.165, 1.54) is 135 Å². The number of aliphatic hydroxyl groups is 1. The minimum absolute atomic E-state index is 0.409. The highest BCUT2D eigenvalue weighted by molar-refractivity contribution is 4.59. The Morgan fingerprint density at radius 3 is 0.962 bits per heavy atom. The molecular weight excluding hydrogens is 316 g/mol. The Hall–Kier alpha value is -0.0400. The molecule has 0 rings (SSSR count). The van der Waals surface area contributed by atoms with E-state index < -0.39 is 0 Å². The highest BCUT2D eigenvalue weighted by Crippen LogP contribution is 2.19. The average molecular weight is 369 g/mol. The Balaban J connectivity index is 3.21. The van der Waals surface area contributed by atoms with Crippen molar-refractivity contribution in [2.45, 2.75) is 149 Å². The van der Waals surface area contributed by atoms with Crippen LogP contribution in [0.3, 0.4) is 0 Å². The number of rotatable bonds is 22. The van der Waals surface area contributed by atoms with Gasteiger partial charge in [-0.25, -0.2) is 0 Å². The van der Waals surface area contributed by atoms with E-state index in [9.17, 15) is 5.11 Å². The summed E-state index contributed by atoms with van der Waals surface area (Å²) in [5, 5.41) is 9.53. The third-order valence-corrected chi connectivity index (χ3v) is 5.94. The van der Waals surface area contributed by atoms with Crippen LogP contribution in [0.1, 0.15) is 149 Å². The van der Waals surface area contributed by atoms with Gasteiger partial charge in [0, 0.05) is 6.61 Å². The Morgan fingerprint density at radius 2 is 0.692 bits per heavy atom. The maximum absolute atomic E-state index is 9.53. The van der Waals surface area contributed by atoms with E-state index in [0.29, 0.717) is 12.5 Å². The summed E-state index contributed by atoms with van der Waals surface area (Å²) >= 11 is 0. The molecule has 0 aromatic rings. The van der Waals surface area contributed by atoms with E-state index >= 15 is 0 Å². The molecular formula is C25H52O. The molecule has 1 unspecified atom stereocenters. The molecule has 26 heavy (non-hydrogen) atoms. The van der Waals surface area contributed by atoms with Gasteiger partial charge in [0.15, 0.2) is 0 Å². The standard InChI is InChI=1S/C25H52O/c1-3-5-7-9-10-11-12-13-14-15-16-17-19-21-23-25(24-26)22-20-18-8-6-4-2/h25-26H,3-24H2,1-2H3. The summed E-state index contributed by atoms with van der Waals surface area (Å²) < 4.78 is 0. The number of hydrogen-bond acceptors (Lipinski definition) is 1. The fraction of sp³-hybridized carbons (Fsp3) is 1.00. The van der Waals surface area contributed by atoms with Gasteiger partial charge in [0.1, 0.15) is 0 Å². The molecule has 1 heteroatoms. The van der Waals surface area contributed by atoms with E-state index in [2.05, 4.69) is 13.8 Å². The molecule has 0 aliphatic heterocycles. The summed E-state index contributed by atoms with van der Waals surface area (Å²) in [5.41, 5.74) is 0. The molecule has 0 saturated carbocycles. The van der Waals surface area contributed by atoms with Crippen LogP contribution in [-0.4, -0.2) is 11.7 Å². The first kappa shape index (κ1) is 26.0. The lowest BCUT2D eigenvalue weighted by molar-refractivity contribution is 0.204. The van der Waals surface area contributed by atoms with Crippen LogP contribution in [0.5, 0.6) is 0 Å². The summed E-state index contributed by atoms with van der Waals surface area (Å²) in [6, 6.07) is 0. The van der Waals surface area contributed by atoms with Crippen LogP contribution in [0, 0.1) is 5.92 Å². The first-order valence-electron chi connectivity index (χ1n) is 12.5.